The minimum Gasteiger partial charge on any atom is -0.401 e. The van der Waals surface area contributed by atoms with Gasteiger partial charge in [-0.25, -0.2) is 4.79 Å². The first-order valence-corrected chi connectivity index (χ1v) is 6.48. The standard InChI is InChI=1S/C14H17N3O3/c1-2-8-15-12-9-13(18)17(14(19)16-12)20-10-11-6-4-3-5-7-11/h3-7,9,15H,2,8,10H2,1H3,(H,16,19). The Kier molecular flexibility index (Phi) is 4.60. The van der Waals surface area contributed by atoms with Gasteiger partial charge in [0.05, 0.1) is 0 Å². The van der Waals surface area contributed by atoms with Crippen LogP contribution >= 0.6 is 0 Å². The van der Waals surface area contributed by atoms with E-state index in [0.717, 1.165) is 16.7 Å². The largest absolute Gasteiger partial charge is 0.401 e. The molecule has 0 aliphatic heterocycles. The van der Waals surface area contributed by atoms with E-state index in [9.17, 15) is 9.59 Å². The molecule has 0 fully saturated rings. The van der Waals surface area contributed by atoms with E-state index in [4.69, 9.17) is 4.84 Å². The Balaban J connectivity index is 2.12. The fraction of sp³-hybridized carbons (Fsp3) is 0.286. The number of benzene rings is 1. The Hall–Kier alpha value is -2.50. The second-order valence-corrected chi connectivity index (χ2v) is 4.31. The van der Waals surface area contributed by atoms with Crippen molar-refractivity contribution in [2.75, 3.05) is 11.9 Å². The van der Waals surface area contributed by atoms with Gasteiger partial charge < -0.3 is 10.2 Å². The van der Waals surface area contributed by atoms with Crippen LogP contribution in [0.2, 0.25) is 0 Å². The second kappa shape index (κ2) is 6.60. The highest BCUT2D eigenvalue weighted by atomic mass is 16.7. The lowest BCUT2D eigenvalue weighted by Crippen LogP contribution is -2.39. The van der Waals surface area contributed by atoms with Gasteiger partial charge in [0.25, 0.3) is 5.56 Å². The molecule has 0 bridgehead atoms. The van der Waals surface area contributed by atoms with Crippen molar-refractivity contribution in [3.63, 3.8) is 0 Å². The van der Waals surface area contributed by atoms with Crippen molar-refractivity contribution in [1.29, 1.82) is 0 Å². The molecule has 106 valence electrons. The summed E-state index contributed by atoms with van der Waals surface area (Å²) >= 11 is 0. The molecule has 0 saturated heterocycles. The third-order valence-electron chi connectivity index (χ3n) is 2.66. The van der Waals surface area contributed by atoms with Gasteiger partial charge in [-0.15, -0.1) is 0 Å². The van der Waals surface area contributed by atoms with E-state index in [0.29, 0.717) is 12.4 Å². The third-order valence-corrected chi connectivity index (χ3v) is 2.66. The van der Waals surface area contributed by atoms with E-state index in [1.807, 2.05) is 37.3 Å². The van der Waals surface area contributed by atoms with E-state index in [2.05, 4.69) is 10.3 Å². The molecule has 0 amide bonds. The van der Waals surface area contributed by atoms with Crippen LogP contribution in [-0.4, -0.2) is 16.3 Å². The molecule has 20 heavy (non-hydrogen) atoms. The molecule has 0 atom stereocenters. The molecule has 6 heteroatoms. The van der Waals surface area contributed by atoms with Gasteiger partial charge in [0.2, 0.25) is 0 Å². The zero-order valence-corrected chi connectivity index (χ0v) is 11.3. The summed E-state index contributed by atoms with van der Waals surface area (Å²) < 4.78 is 0.726. The minimum atomic E-state index is -0.591. The molecule has 0 saturated carbocycles. The molecule has 6 nitrogen and oxygen atoms in total. The maximum atomic E-state index is 11.8. The second-order valence-electron chi connectivity index (χ2n) is 4.31. The molecule has 0 aliphatic carbocycles. The number of aromatic nitrogens is 2. The monoisotopic (exact) mass is 275 g/mol. The Morgan fingerprint density at radius 1 is 1.25 bits per heavy atom. The molecule has 0 radical (unpaired) electrons. The summed E-state index contributed by atoms with van der Waals surface area (Å²) in [7, 11) is 0. The molecule has 1 aromatic carbocycles. The van der Waals surface area contributed by atoms with Crippen LogP contribution in [0.1, 0.15) is 18.9 Å². The van der Waals surface area contributed by atoms with Gasteiger partial charge in [-0.3, -0.25) is 9.78 Å². The molecule has 2 N–H and O–H groups in total. The summed E-state index contributed by atoms with van der Waals surface area (Å²) in [6.07, 6.45) is 0.898. The Bertz CT molecular complexity index is 630. The maximum Gasteiger partial charge on any atom is 0.363 e. The number of nitrogens with zero attached hydrogens (tertiary/aromatic N) is 1. The highest BCUT2D eigenvalue weighted by molar-refractivity contribution is 5.31. The number of rotatable bonds is 6. The van der Waals surface area contributed by atoms with Crippen LogP contribution in [0, 0.1) is 0 Å². The number of nitrogens with one attached hydrogen (secondary N) is 2. The molecule has 0 unspecified atom stereocenters. The van der Waals surface area contributed by atoms with E-state index in [-0.39, 0.29) is 6.61 Å². The van der Waals surface area contributed by atoms with Crippen molar-refractivity contribution in [3.05, 3.63) is 62.8 Å². The number of aromatic amines is 1. The van der Waals surface area contributed by atoms with Gasteiger partial charge in [-0.1, -0.05) is 42.0 Å². The molecular formula is C14H17N3O3. The fourth-order valence-electron chi connectivity index (χ4n) is 1.67. The molecule has 0 spiro atoms. The average molecular weight is 275 g/mol. The summed E-state index contributed by atoms with van der Waals surface area (Å²) in [5.74, 6) is 0.404. The minimum absolute atomic E-state index is 0.158. The molecular weight excluding hydrogens is 258 g/mol. The molecule has 0 aliphatic rings. The first kappa shape index (κ1) is 13.9. The lowest BCUT2D eigenvalue weighted by molar-refractivity contribution is 0.0792. The van der Waals surface area contributed by atoms with Crippen LogP contribution in [-0.2, 0) is 6.61 Å². The maximum absolute atomic E-state index is 11.8. The van der Waals surface area contributed by atoms with Crippen LogP contribution in [0.3, 0.4) is 0 Å². The lowest BCUT2D eigenvalue weighted by Gasteiger charge is -2.09. The summed E-state index contributed by atoms with van der Waals surface area (Å²) in [6.45, 7) is 2.84. The first-order valence-electron chi connectivity index (χ1n) is 6.48. The SMILES string of the molecule is CCCNc1cc(=O)n(OCc2ccccc2)c(=O)[nH]1. The van der Waals surface area contributed by atoms with Crippen LogP contribution < -0.4 is 21.4 Å². The zero-order chi connectivity index (χ0) is 14.4. The summed E-state index contributed by atoms with van der Waals surface area (Å²) in [4.78, 5) is 31.4. The smallest absolute Gasteiger partial charge is 0.363 e. The van der Waals surface area contributed by atoms with Crippen molar-refractivity contribution >= 4 is 5.82 Å². The predicted molar refractivity (Wildman–Crippen MR) is 76.8 cm³/mol. The van der Waals surface area contributed by atoms with Gasteiger partial charge in [0.15, 0.2) is 0 Å². The van der Waals surface area contributed by atoms with E-state index in [1.165, 1.54) is 6.07 Å². The van der Waals surface area contributed by atoms with Crippen molar-refractivity contribution < 1.29 is 4.84 Å². The summed E-state index contributed by atoms with van der Waals surface area (Å²) in [5.41, 5.74) is -0.206. The van der Waals surface area contributed by atoms with Crippen LogP contribution in [0.25, 0.3) is 0 Å². The van der Waals surface area contributed by atoms with Crippen molar-refractivity contribution in [2.24, 2.45) is 0 Å². The van der Waals surface area contributed by atoms with E-state index < -0.39 is 11.2 Å². The molecule has 1 heterocycles. The van der Waals surface area contributed by atoms with E-state index >= 15 is 0 Å². The number of hydrogen-bond acceptors (Lipinski definition) is 4. The number of H-pyrrole nitrogens is 1. The Labute approximate surface area is 116 Å². The first-order chi connectivity index (χ1) is 9.70. The molecule has 2 aromatic rings. The summed E-state index contributed by atoms with van der Waals surface area (Å²) in [5, 5.41) is 2.95. The zero-order valence-electron chi connectivity index (χ0n) is 11.3. The predicted octanol–water partition coefficient (Wildman–Crippen LogP) is 0.987. The van der Waals surface area contributed by atoms with Gasteiger partial charge >= 0.3 is 5.69 Å². The molecule has 1 aromatic heterocycles. The topological polar surface area (TPSA) is 76.1 Å². The van der Waals surface area contributed by atoms with Gasteiger partial charge in [-0.2, -0.15) is 0 Å². The Morgan fingerprint density at radius 3 is 2.65 bits per heavy atom. The number of hydrogen-bond donors (Lipinski definition) is 2. The molecule has 2 rings (SSSR count). The fourth-order valence-corrected chi connectivity index (χ4v) is 1.67. The van der Waals surface area contributed by atoms with Gasteiger partial charge in [0, 0.05) is 12.6 Å². The highest BCUT2D eigenvalue weighted by Crippen LogP contribution is 1.98. The van der Waals surface area contributed by atoms with Crippen LogP contribution in [0.15, 0.2) is 46.0 Å². The number of anilines is 1. The average Bonchev–Trinajstić information content (AvgIpc) is 2.45. The van der Waals surface area contributed by atoms with Gasteiger partial charge in [0.1, 0.15) is 12.4 Å². The van der Waals surface area contributed by atoms with Gasteiger partial charge in [-0.05, 0) is 12.0 Å². The lowest BCUT2D eigenvalue weighted by atomic mass is 10.2. The highest BCUT2D eigenvalue weighted by Gasteiger charge is 2.05. The summed E-state index contributed by atoms with van der Waals surface area (Å²) in [6, 6.07) is 10.6. The Morgan fingerprint density at radius 2 is 2.00 bits per heavy atom. The van der Waals surface area contributed by atoms with Crippen molar-refractivity contribution in [1.82, 2.24) is 9.71 Å². The van der Waals surface area contributed by atoms with Crippen molar-refractivity contribution in [3.8, 4) is 0 Å². The normalized spacial score (nSPS) is 10.2. The van der Waals surface area contributed by atoms with Crippen LogP contribution in [0.5, 0.6) is 0 Å². The third kappa shape index (κ3) is 3.50. The van der Waals surface area contributed by atoms with Crippen molar-refractivity contribution in [2.45, 2.75) is 20.0 Å². The quantitative estimate of drug-likeness (QED) is 0.824. The van der Waals surface area contributed by atoms with Crippen LogP contribution in [0.4, 0.5) is 5.82 Å². The van der Waals surface area contributed by atoms with E-state index in [1.54, 1.807) is 0 Å².